The highest BCUT2D eigenvalue weighted by atomic mass is 79.9. The fraction of sp³-hybridized carbons (Fsp3) is 0.571. The lowest BCUT2D eigenvalue weighted by molar-refractivity contribution is 0.241. The van der Waals surface area contributed by atoms with Crippen molar-refractivity contribution < 1.29 is 0 Å². The Morgan fingerprint density at radius 1 is 1.18 bits per heavy atom. The van der Waals surface area contributed by atoms with Crippen molar-refractivity contribution in [3.8, 4) is 0 Å². The minimum atomic E-state index is 0.550. The smallest absolute Gasteiger partial charge is 0.0479 e. The molecule has 0 radical (unpaired) electrons. The molecule has 1 spiro atoms. The molecule has 1 aromatic carbocycles. The summed E-state index contributed by atoms with van der Waals surface area (Å²) >= 11 is 5.60. The average molecular weight is 312 g/mol. The normalized spacial score (nSPS) is 22.6. The van der Waals surface area contributed by atoms with Gasteiger partial charge in [0.05, 0.1) is 0 Å². The molecule has 0 aromatic heterocycles. The monoisotopic (exact) mass is 311 g/mol. The summed E-state index contributed by atoms with van der Waals surface area (Å²) in [7, 11) is 0. The molecule has 1 saturated carbocycles. The third kappa shape index (κ3) is 2.50. The van der Waals surface area contributed by atoms with Gasteiger partial charge in [0.2, 0.25) is 0 Å². The second-order valence-corrected chi connectivity index (χ2v) is 7.28. The molecule has 17 heavy (non-hydrogen) atoms. The van der Waals surface area contributed by atoms with Gasteiger partial charge in [-0.3, -0.25) is 0 Å². The molecule has 2 aliphatic rings. The summed E-state index contributed by atoms with van der Waals surface area (Å²) in [5, 5.41) is 3.67. The maximum Gasteiger partial charge on any atom is 0.0479 e. The highest BCUT2D eigenvalue weighted by molar-refractivity contribution is 9.10. The van der Waals surface area contributed by atoms with Crippen LogP contribution in [0.1, 0.15) is 32.1 Å². The molecule has 0 atom stereocenters. The average Bonchev–Trinajstić information content (AvgIpc) is 2.52. The van der Waals surface area contributed by atoms with Crippen molar-refractivity contribution in [3.63, 3.8) is 0 Å². The van der Waals surface area contributed by atoms with E-state index in [1.807, 2.05) is 11.8 Å². The molecule has 1 aliphatic carbocycles. The fourth-order valence-corrected chi connectivity index (χ4v) is 4.82. The molecular weight excluding hydrogens is 294 g/mol. The van der Waals surface area contributed by atoms with E-state index in [1.54, 1.807) is 0 Å². The van der Waals surface area contributed by atoms with Crippen LogP contribution >= 0.6 is 27.7 Å². The van der Waals surface area contributed by atoms with Crippen LogP contribution in [0.5, 0.6) is 0 Å². The van der Waals surface area contributed by atoms with Gasteiger partial charge < -0.3 is 5.32 Å². The van der Waals surface area contributed by atoms with Crippen molar-refractivity contribution >= 4 is 33.4 Å². The van der Waals surface area contributed by atoms with Gasteiger partial charge in [-0.05, 0) is 36.5 Å². The maximum atomic E-state index is 3.67. The number of thioether (sulfide) groups is 1. The van der Waals surface area contributed by atoms with Gasteiger partial charge in [-0.1, -0.05) is 35.2 Å². The van der Waals surface area contributed by atoms with E-state index in [0.29, 0.717) is 5.41 Å². The first-order chi connectivity index (χ1) is 8.27. The molecule has 3 heteroatoms. The molecule has 1 fully saturated rings. The first-order valence-electron chi connectivity index (χ1n) is 6.44. The lowest BCUT2D eigenvalue weighted by Crippen LogP contribution is -2.33. The van der Waals surface area contributed by atoms with Crippen LogP contribution in [-0.2, 0) is 0 Å². The van der Waals surface area contributed by atoms with Crippen molar-refractivity contribution in [2.45, 2.75) is 37.0 Å². The van der Waals surface area contributed by atoms with E-state index in [0.717, 1.165) is 6.54 Å². The molecule has 0 unspecified atom stereocenters. The Labute approximate surface area is 116 Å². The quantitative estimate of drug-likeness (QED) is 0.730. The third-order valence-corrected chi connectivity index (χ3v) is 5.94. The molecule has 0 saturated heterocycles. The SMILES string of the molecule is Brc1ccc2c(c1)SCC1(CCCCC1)CN2. The molecule has 1 nitrogen and oxygen atoms in total. The molecule has 92 valence electrons. The highest BCUT2D eigenvalue weighted by Gasteiger charge is 2.33. The van der Waals surface area contributed by atoms with Crippen LogP contribution in [0.25, 0.3) is 0 Å². The Balaban J connectivity index is 1.82. The molecule has 1 heterocycles. The van der Waals surface area contributed by atoms with Gasteiger partial charge in [-0.2, -0.15) is 0 Å². The summed E-state index contributed by atoms with van der Waals surface area (Å²) in [4.78, 5) is 1.40. The van der Waals surface area contributed by atoms with Crippen molar-refractivity contribution in [2.24, 2.45) is 5.41 Å². The van der Waals surface area contributed by atoms with Gasteiger partial charge in [0, 0.05) is 27.4 Å². The second-order valence-electron chi connectivity index (χ2n) is 5.34. The van der Waals surface area contributed by atoms with Crippen LogP contribution in [0, 0.1) is 5.41 Å². The summed E-state index contributed by atoms with van der Waals surface area (Å²) in [5.41, 5.74) is 1.87. The Morgan fingerprint density at radius 3 is 2.82 bits per heavy atom. The molecule has 1 aliphatic heterocycles. The van der Waals surface area contributed by atoms with E-state index in [1.165, 1.54) is 52.9 Å². The zero-order valence-corrected chi connectivity index (χ0v) is 12.4. The predicted molar refractivity (Wildman–Crippen MR) is 78.9 cm³/mol. The number of anilines is 1. The van der Waals surface area contributed by atoms with Crippen molar-refractivity contribution in [2.75, 3.05) is 17.6 Å². The van der Waals surface area contributed by atoms with Crippen LogP contribution in [0.4, 0.5) is 5.69 Å². The Hall–Kier alpha value is -0.150. The van der Waals surface area contributed by atoms with Crippen LogP contribution < -0.4 is 5.32 Å². The van der Waals surface area contributed by atoms with Gasteiger partial charge in [-0.15, -0.1) is 11.8 Å². The standard InChI is InChI=1S/C14H18BrNS/c15-11-4-5-12-13(8-11)17-10-14(9-16-12)6-2-1-3-7-14/h4-5,8,16H,1-3,6-7,9-10H2. The number of benzene rings is 1. The van der Waals surface area contributed by atoms with E-state index < -0.39 is 0 Å². The minimum Gasteiger partial charge on any atom is -0.384 e. The largest absolute Gasteiger partial charge is 0.384 e. The summed E-state index contributed by atoms with van der Waals surface area (Å²) in [6.45, 7) is 1.16. The Morgan fingerprint density at radius 2 is 2.00 bits per heavy atom. The topological polar surface area (TPSA) is 12.0 Å². The molecule has 1 aromatic rings. The molecule has 3 rings (SSSR count). The minimum absolute atomic E-state index is 0.550. The maximum absolute atomic E-state index is 3.67. The number of halogens is 1. The molecular formula is C14H18BrNS. The lowest BCUT2D eigenvalue weighted by atomic mass is 9.75. The lowest BCUT2D eigenvalue weighted by Gasteiger charge is -2.35. The van der Waals surface area contributed by atoms with Gasteiger partial charge >= 0.3 is 0 Å². The first-order valence-corrected chi connectivity index (χ1v) is 8.22. The summed E-state index contributed by atoms with van der Waals surface area (Å²) in [6.07, 6.45) is 7.08. The zero-order valence-electron chi connectivity index (χ0n) is 9.97. The summed E-state index contributed by atoms with van der Waals surface area (Å²) < 4.78 is 1.19. The number of rotatable bonds is 0. The van der Waals surface area contributed by atoms with Crippen molar-refractivity contribution in [1.82, 2.24) is 0 Å². The summed E-state index contributed by atoms with van der Waals surface area (Å²) in [6, 6.07) is 6.58. The van der Waals surface area contributed by atoms with E-state index >= 15 is 0 Å². The first kappa shape index (κ1) is 11.9. The fourth-order valence-electron chi connectivity index (χ4n) is 2.95. The van der Waals surface area contributed by atoms with E-state index in [2.05, 4.69) is 39.4 Å². The van der Waals surface area contributed by atoms with Crippen molar-refractivity contribution in [1.29, 1.82) is 0 Å². The predicted octanol–water partition coefficient (Wildman–Crippen LogP) is 4.92. The van der Waals surface area contributed by atoms with Crippen LogP contribution in [0.15, 0.2) is 27.6 Å². The number of nitrogens with one attached hydrogen (secondary N) is 1. The van der Waals surface area contributed by atoms with E-state index in [-0.39, 0.29) is 0 Å². The Bertz CT molecular complexity index is 413. The highest BCUT2D eigenvalue weighted by Crippen LogP contribution is 2.45. The van der Waals surface area contributed by atoms with Crippen molar-refractivity contribution in [3.05, 3.63) is 22.7 Å². The van der Waals surface area contributed by atoms with Gasteiger partial charge in [0.1, 0.15) is 0 Å². The Kier molecular flexibility index (Phi) is 3.40. The second kappa shape index (κ2) is 4.85. The number of hydrogen-bond acceptors (Lipinski definition) is 2. The summed E-state index contributed by atoms with van der Waals surface area (Å²) in [5.74, 6) is 1.28. The van der Waals surface area contributed by atoms with Crippen LogP contribution in [-0.4, -0.2) is 12.3 Å². The number of fused-ring (bicyclic) bond motifs is 1. The van der Waals surface area contributed by atoms with Gasteiger partial charge in [0.25, 0.3) is 0 Å². The zero-order chi connectivity index (χ0) is 11.7. The van der Waals surface area contributed by atoms with E-state index in [9.17, 15) is 0 Å². The third-order valence-electron chi connectivity index (χ3n) is 4.05. The van der Waals surface area contributed by atoms with Crippen LogP contribution in [0.2, 0.25) is 0 Å². The number of hydrogen-bond donors (Lipinski definition) is 1. The molecule has 0 bridgehead atoms. The van der Waals surface area contributed by atoms with Gasteiger partial charge in [-0.25, -0.2) is 0 Å². The van der Waals surface area contributed by atoms with Gasteiger partial charge in [0.15, 0.2) is 0 Å². The molecule has 0 amide bonds. The molecule has 1 N–H and O–H groups in total. The van der Waals surface area contributed by atoms with E-state index in [4.69, 9.17) is 0 Å². The van der Waals surface area contributed by atoms with Crippen LogP contribution in [0.3, 0.4) is 0 Å².